The van der Waals surface area contributed by atoms with Gasteiger partial charge in [0.15, 0.2) is 5.82 Å². The second-order valence-corrected chi connectivity index (χ2v) is 8.62. The van der Waals surface area contributed by atoms with Crippen LogP contribution in [-0.4, -0.2) is 26.1 Å². The highest BCUT2D eigenvalue weighted by Crippen LogP contribution is 2.36. The Labute approximate surface area is 198 Å². The summed E-state index contributed by atoms with van der Waals surface area (Å²) in [5.41, 5.74) is 6.27. The maximum atomic E-state index is 12.9. The maximum absolute atomic E-state index is 12.9. The zero-order valence-electron chi connectivity index (χ0n) is 18.8. The summed E-state index contributed by atoms with van der Waals surface area (Å²) < 4.78 is 0. The fourth-order valence-electron chi connectivity index (χ4n) is 4.29. The number of hydrogen-bond donors (Lipinski definition) is 3. The number of aliphatic hydroxyl groups excluding tert-OH is 1. The van der Waals surface area contributed by atoms with Crippen LogP contribution >= 0.6 is 0 Å². The maximum Gasteiger partial charge on any atom is 0.229 e. The van der Waals surface area contributed by atoms with Gasteiger partial charge >= 0.3 is 0 Å². The molecule has 6 nitrogen and oxygen atoms in total. The number of hydrogen-bond acceptors (Lipinski definition) is 5. The van der Waals surface area contributed by atoms with Gasteiger partial charge in [-0.1, -0.05) is 60.2 Å². The summed E-state index contributed by atoms with van der Waals surface area (Å²) in [6, 6.07) is 22.2. The Balaban J connectivity index is 1.54. The second-order valence-electron chi connectivity index (χ2n) is 8.62. The number of carbonyl (C=O) groups excluding carboxylic acids is 1. The molecule has 3 N–H and O–H groups in total. The van der Waals surface area contributed by atoms with Crippen LogP contribution in [0.1, 0.15) is 39.7 Å². The van der Waals surface area contributed by atoms with Gasteiger partial charge in [-0.05, 0) is 54.7 Å². The Morgan fingerprint density at radius 1 is 1.00 bits per heavy atom. The van der Waals surface area contributed by atoms with E-state index in [1.807, 2.05) is 67.6 Å². The lowest BCUT2D eigenvalue weighted by atomic mass is 9.91. The van der Waals surface area contributed by atoms with E-state index in [0.29, 0.717) is 29.8 Å². The third-order valence-electron chi connectivity index (χ3n) is 6.09. The van der Waals surface area contributed by atoms with Crippen LogP contribution in [0.2, 0.25) is 0 Å². The molecule has 1 aromatic heterocycles. The molecule has 0 fully saturated rings. The van der Waals surface area contributed by atoms with Gasteiger partial charge < -0.3 is 15.5 Å². The molecule has 34 heavy (non-hydrogen) atoms. The van der Waals surface area contributed by atoms with Crippen LogP contribution in [0.15, 0.2) is 72.8 Å². The fourth-order valence-corrected chi connectivity index (χ4v) is 4.29. The second kappa shape index (κ2) is 9.08. The Morgan fingerprint density at radius 2 is 1.76 bits per heavy atom. The van der Waals surface area contributed by atoms with Crippen LogP contribution < -0.4 is 5.32 Å². The Morgan fingerprint density at radius 3 is 2.53 bits per heavy atom. The largest absolute Gasteiger partial charge is 0.508 e. The minimum absolute atomic E-state index is 0.196. The molecule has 3 aromatic carbocycles. The highest BCUT2D eigenvalue weighted by molar-refractivity contribution is 5.92. The van der Waals surface area contributed by atoms with Gasteiger partial charge in [-0.3, -0.25) is 4.79 Å². The summed E-state index contributed by atoms with van der Waals surface area (Å²) in [5, 5.41) is 24.0. The van der Waals surface area contributed by atoms with Crippen molar-refractivity contribution in [3.8, 4) is 17.0 Å². The van der Waals surface area contributed by atoms with Crippen LogP contribution in [0.5, 0.6) is 5.75 Å². The van der Waals surface area contributed by atoms with Gasteiger partial charge in [0.25, 0.3) is 0 Å². The van der Waals surface area contributed by atoms with E-state index >= 15 is 0 Å². The van der Waals surface area contributed by atoms with Crippen molar-refractivity contribution < 1.29 is 15.0 Å². The van der Waals surface area contributed by atoms with E-state index in [9.17, 15) is 15.0 Å². The zero-order chi connectivity index (χ0) is 23.7. The first-order chi connectivity index (χ1) is 16.5. The van der Waals surface area contributed by atoms with E-state index in [0.717, 1.165) is 27.9 Å². The molecule has 1 aliphatic rings. The standard InChI is InChI=1S/C28H25N3O3/c1-17-7-9-18(10-8-17)15-24(33)30-28-26(27(34)19-5-3-2-4-6-19)31-25-22-13-12-21(32)16-20(22)11-14-23(25)29-28/h2-10,12-13,16,27,32,34H,11,14-15H2,1H3,(H,29,30,33). The predicted octanol–water partition coefficient (Wildman–Crippen LogP) is 4.52. The average Bonchev–Trinajstić information content (AvgIpc) is 2.85. The summed E-state index contributed by atoms with van der Waals surface area (Å²) in [7, 11) is 0. The molecule has 0 radical (unpaired) electrons. The van der Waals surface area contributed by atoms with Crippen LogP contribution in [0.4, 0.5) is 5.82 Å². The van der Waals surface area contributed by atoms with Crippen molar-refractivity contribution in [1.29, 1.82) is 0 Å². The summed E-state index contributed by atoms with van der Waals surface area (Å²) in [5.74, 6) is 0.259. The monoisotopic (exact) mass is 451 g/mol. The lowest BCUT2D eigenvalue weighted by Crippen LogP contribution is -2.21. The Bertz CT molecular complexity index is 1350. The smallest absolute Gasteiger partial charge is 0.229 e. The molecular weight excluding hydrogens is 426 g/mol. The average molecular weight is 452 g/mol. The van der Waals surface area contributed by atoms with E-state index in [4.69, 9.17) is 9.97 Å². The predicted molar refractivity (Wildman–Crippen MR) is 131 cm³/mol. The van der Waals surface area contributed by atoms with Crippen molar-refractivity contribution in [3.63, 3.8) is 0 Å². The van der Waals surface area contributed by atoms with E-state index in [2.05, 4.69) is 5.32 Å². The highest BCUT2D eigenvalue weighted by Gasteiger charge is 2.26. The molecule has 1 heterocycles. The summed E-state index contributed by atoms with van der Waals surface area (Å²) in [6.07, 6.45) is 0.475. The van der Waals surface area contributed by atoms with Gasteiger partial charge in [-0.15, -0.1) is 0 Å². The summed E-state index contributed by atoms with van der Waals surface area (Å²) >= 11 is 0. The number of nitrogens with zero attached hydrogens (tertiary/aromatic N) is 2. The topological polar surface area (TPSA) is 95.3 Å². The van der Waals surface area contributed by atoms with Crippen LogP contribution in [0, 0.1) is 6.92 Å². The number of aryl methyl sites for hydroxylation is 3. The van der Waals surface area contributed by atoms with Gasteiger partial charge in [0.05, 0.1) is 17.8 Å². The van der Waals surface area contributed by atoms with Gasteiger partial charge in [0.2, 0.25) is 5.91 Å². The SMILES string of the molecule is Cc1ccc(CC(=O)Nc2nc3c(nc2C(O)c2ccccc2)-c2ccc(O)cc2CC3)cc1. The molecule has 0 saturated carbocycles. The number of rotatable bonds is 5. The van der Waals surface area contributed by atoms with Crippen LogP contribution in [-0.2, 0) is 24.1 Å². The van der Waals surface area contributed by atoms with Gasteiger partial charge in [-0.2, -0.15) is 0 Å². The quantitative estimate of drug-likeness (QED) is 0.415. The molecule has 1 amide bonds. The number of phenols is 1. The normalized spacial score (nSPS) is 13.0. The molecule has 0 saturated heterocycles. The summed E-state index contributed by atoms with van der Waals surface area (Å²) in [4.78, 5) is 22.5. The lowest BCUT2D eigenvalue weighted by Gasteiger charge is -2.23. The van der Waals surface area contributed by atoms with Crippen molar-refractivity contribution in [2.45, 2.75) is 32.3 Å². The number of fused-ring (bicyclic) bond motifs is 3. The zero-order valence-corrected chi connectivity index (χ0v) is 18.8. The molecule has 1 atom stereocenters. The minimum atomic E-state index is -1.06. The van der Waals surface area contributed by atoms with Gasteiger partial charge in [-0.25, -0.2) is 9.97 Å². The molecular formula is C28H25N3O3. The van der Waals surface area contributed by atoms with Crippen molar-refractivity contribution in [1.82, 2.24) is 9.97 Å². The van der Waals surface area contributed by atoms with Crippen molar-refractivity contribution >= 4 is 11.7 Å². The number of anilines is 1. The van der Waals surface area contributed by atoms with E-state index in [1.54, 1.807) is 12.1 Å². The molecule has 170 valence electrons. The van der Waals surface area contributed by atoms with Gasteiger partial charge in [0, 0.05) is 5.56 Å². The van der Waals surface area contributed by atoms with Crippen molar-refractivity contribution in [3.05, 3.63) is 106 Å². The van der Waals surface area contributed by atoms with E-state index < -0.39 is 6.10 Å². The molecule has 4 aromatic rings. The molecule has 1 unspecified atom stereocenters. The minimum Gasteiger partial charge on any atom is -0.508 e. The Hall–Kier alpha value is -4.03. The lowest BCUT2D eigenvalue weighted by molar-refractivity contribution is -0.115. The van der Waals surface area contributed by atoms with Gasteiger partial charge in [0.1, 0.15) is 17.5 Å². The van der Waals surface area contributed by atoms with Crippen LogP contribution in [0.25, 0.3) is 11.3 Å². The fraction of sp³-hybridized carbons (Fsp3) is 0.179. The number of benzene rings is 3. The number of carbonyl (C=O) groups is 1. The van der Waals surface area contributed by atoms with E-state index in [1.165, 1.54) is 0 Å². The molecule has 0 spiro atoms. The first kappa shape index (κ1) is 21.8. The first-order valence-electron chi connectivity index (χ1n) is 11.3. The molecule has 1 aliphatic carbocycles. The van der Waals surface area contributed by atoms with Crippen LogP contribution in [0.3, 0.4) is 0 Å². The third-order valence-corrected chi connectivity index (χ3v) is 6.09. The molecule has 5 rings (SSSR count). The number of phenolic OH excluding ortho intramolecular Hbond substituents is 1. The van der Waals surface area contributed by atoms with Crippen molar-refractivity contribution in [2.75, 3.05) is 5.32 Å². The summed E-state index contributed by atoms with van der Waals surface area (Å²) in [6.45, 7) is 2.00. The molecule has 0 aliphatic heterocycles. The molecule has 6 heteroatoms. The Kier molecular flexibility index (Phi) is 5.82. The number of amides is 1. The van der Waals surface area contributed by atoms with E-state index in [-0.39, 0.29) is 23.9 Å². The molecule has 0 bridgehead atoms. The first-order valence-corrected chi connectivity index (χ1v) is 11.3. The third kappa shape index (κ3) is 4.40. The number of aromatic hydroxyl groups is 1. The number of nitrogens with one attached hydrogen (secondary N) is 1. The van der Waals surface area contributed by atoms with Crippen molar-refractivity contribution in [2.24, 2.45) is 0 Å². The number of aliphatic hydroxyl groups is 1. The highest BCUT2D eigenvalue weighted by atomic mass is 16.3. The number of aromatic nitrogens is 2.